The van der Waals surface area contributed by atoms with Crippen LogP contribution in [0.1, 0.15) is 20.3 Å². The van der Waals surface area contributed by atoms with Crippen LogP contribution in [0.2, 0.25) is 0 Å². The molecule has 0 radical (unpaired) electrons. The fourth-order valence-corrected chi connectivity index (χ4v) is 0.869. The van der Waals surface area contributed by atoms with Crippen LogP contribution in [0.3, 0.4) is 0 Å². The zero-order valence-electron chi connectivity index (χ0n) is 7.04. The highest BCUT2D eigenvalue weighted by molar-refractivity contribution is 5.73. The summed E-state index contributed by atoms with van der Waals surface area (Å²) in [6.45, 7) is 4.19. The summed E-state index contributed by atoms with van der Waals surface area (Å²) in [6, 6.07) is 0. The lowest BCUT2D eigenvalue weighted by atomic mass is 10.2. The zero-order valence-corrected chi connectivity index (χ0v) is 7.04. The quantitative estimate of drug-likeness (QED) is 0.540. The normalized spacial score (nSPS) is 32.2. The SMILES string of the molecule is CCC1=C/C=C(C)/C=C\C=N\1. The van der Waals surface area contributed by atoms with Crippen LogP contribution in [-0.4, -0.2) is 6.21 Å². The minimum atomic E-state index is 0.994. The summed E-state index contributed by atoms with van der Waals surface area (Å²) in [4.78, 5) is 4.24. The predicted octanol–water partition coefficient (Wildman–Crippen LogP) is 2.87. The van der Waals surface area contributed by atoms with Crippen molar-refractivity contribution < 1.29 is 0 Å². The van der Waals surface area contributed by atoms with E-state index in [0.717, 1.165) is 12.1 Å². The smallest absolute Gasteiger partial charge is 0.0400 e. The molecule has 0 aromatic carbocycles. The average Bonchev–Trinajstić information content (AvgIpc) is 1.98. The number of hydrogen-bond donors (Lipinski definition) is 0. The third-order valence-corrected chi connectivity index (χ3v) is 1.59. The van der Waals surface area contributed by atoms with Gasteiger partial charge in [0.1, 0.15) is 0 Å². The van der Waals surface area contributed by atoms with Gasteiger partial charge in [0.15, 0.2) is 0 Å². The van der Waals surface area contributed by atoms with Crippen molar-refractivity contribution in [1.29, 1.82) is 0 Å². The summed E-state index contributed by atoms with van der Waals surface area (Å²) in [5.74, 6) is 0. The summed E-state index contributed by atoms with van der Waals surface area (Å²) in [6.07, 6.45) is 11.0. The number of allylic oxidation sites excluding steroid dienone is 6. The Kier molecular flexibility index (Phi) is 2.84. The Morgan fingerprint density at radius 3 is 2.91 bits per heavy atom. The maximum atomic E-state index is 4.24. The summed E-state index contributed by atoms with van der Waals surface area (Å²) in [5, 5.41) is 0. The molecule has 0 atom stereocenters. The molecule has 0 saturated heterocycles. The van der Waals surface area contributed by atoms with E-state index in [-0.39, 0.29) is 0 Å². The van der Waals surface area contributed by atoms with Gasteiger partial charge >= 0.3 is 0 Å². The maximum Gasteiger partial charge on any atom is 0.0400 e. The molecule has 1 aliphatic rings. The molecule has 11 heavy (non-hydrogen) atoms. The standard InChI is InChI=1S/C10H13N/c1-3-10-7-6-9(2)5-4-8-11-10/h4-8H,3H2,1-2H3/b5-4-,7-6?,8-4?,9-5?,9-6+,10-7-,11-8+,11-10?. The lowest BCUT2D eigenvalue weighted by Crippen LogP contribution is -1.79. The molecule has 0 spiro atoms. The Hall–Kier alpha value is -1.11. The van der Waals surface area contributed by atoms with Crippen molar-refractivity contribution in [1.82, 2.24) is 0 Å². The second-order valence-corrected chi connectivity index (χ2v) is 2.56. The molecule has 0 aromatic rings. The van der Waals surface area contributed by atoms with Crippen LogP contribution in [0.4, 0.5) is 0 Å². The molecule has 1 rings (SSSR count). The van der Waals surface area contributed by atoms with Crippen molar-refractivity contribution in [2.45, 2.75) is 20.3 Å². The number of rotatable bonds is 1. The summed E-state index contributed by atoms with van der Waals surface area (Å²) < 4.78 is 0. The first kappa shape index (κ1) is 7.99. The lowest BCUT2D eigenvalue weighted by molar-refractivity contribution is 1.07. The van der Waals surface area contributed by atoms with Crippen LogP contribution >= 0.6 is 0 Å². The minimum Gasteiger partial charge on any atom is -0.261 e. The number of hydrogen-bond acceptors (Lipinski definition) is 1. The van der Waals surface area contributed by atoms with E-state index in [9.17, 15) is 0 Å². The summed E-state index contributed by atoms with van der Waals surface area (Å²) in [7, 11) is 0. The molecule has 0 saturated carbocycles. The number of nitrogens with zero attached hydrogens (tertiary/aromatic N) is 1. The first-order chi connectivity index (χ1) is 5.33. The molecule has 0 unspecified atom stereocenters. The van der Waals surface area contributed by atoms with Crippen LogP contribution in [0, 0.1) is 0 Å². The van der Waals surface area contributed by atoms with E-state index in [4.69, 9.17) is 0 Å². The van der Waals surface area contributed by atoms with Crippen LogP contribution in [-0.2, 0) is 0 Å². The van der Waals surface area contributed by atoms with Crippen molar-refractivity contribution in [3.8, 4) is 0 Å². The molecule has 0 aromatic heterocycles. The topological polar surface area (TPSA) is 12.4 Å². The van der Waals surface area contributed by atoms with Crippen molar-refractivity contribution in [3.05, 3.63) is 35.6 Å². The molecular formula is C10H13N. The van der Waals surface area contributed by atoms with Gasteiger partial charge in [0.25, 0.3) is 0 Å². The lowest BCUT2D eigenvalue weighted by Gasteiger charge is -1.96. The van der Waals surface area contributed by atoms with Crippen molar-refractivity contribution in [2.24, 2.45) is 4.99 Å². The highest BCUT2D eigenvalue weighted by Gasteiger charge is 1.88. The van der Waals surface area contributed by atoms with Crippen LogP contribution in [0.5, 0.6) is 0 Å². The fraction of sp³-hybridized carbons (Fsp3) is 0.300. The Morgan fingerprint density at radius 2 is 2.18 bits per heavy atom. The van der Waals surface area contributed by atoms with Crippen molar-refractivity contribution in [2.75, 3.05) is 0 Å². The molecule has 0 fully saturated rings. The highest BCUT2D eigenvalue weighted by Crippen LogP contribution is 2.06. The molecule has 1 aliphatic heterocycles. The second kappa shape index (κ2) is 3.91. The van der Waals surface area contributed by atoms with Crippen LogP contribution < -0.4 is 0 Å². The third-order valence-electron chi connectivity index (χ3n) is 1.59. The van der Waals surface area contributed by atoms with E-state index in [1.165, 1.54) is 5.57 Å². The molecular weight excluding hydrogens is 134 g/mol. The van der Waals surface area contributed by atoms with Gasteiger partial charge in [-0.25, -0.2) is 0 Å². The molecule has 1 nitrogen and oxygen atoms in total. The zero-order chi connectivity index (χ0) is 8.10. The molecule has 0 aliphatic carbocycles. The van der Waals surface area contributed by atoms with Gasteiger partial charge in [-0.3, -0.25) is 4.99 Å². The van der Waals surface area contributed by atoms with E-state index < -0.39 is 0 Å². The van der Waals surface area contributed by atoms with E-state index in [1.807, 2.05) is 18.4 Å². The molecule has 0 amide bonds. The first-order valence-corrected chi connectivity index (χ1v) is 3.91. The van der Waals surface area contributed by atoms with Gasteiger partial charge in [0.2, 0.25) is 0 Å². The van der Waals surface area contributed by atoms with Gasteiger partial charge < -0.3 is 0 Å². The van der Waals surface area contributed by atoms with E-state index in [0.29, 0.717) is 0 Å². The van der Waals surface area contributed by atoms with Gasteiger partial charge in [0.05, 0.1) is 0 Å². The molecule has 0 bridgehead atoms. The predicted molar refractivity (Wildman–Crippen MR) is 49.8 cm³/mol. The molecule has 0 N–H and O–H groups in total. The minimum absolute atomic E-state index is 0.994. The summed E-state index contributed by atoms with van der Waals surface area (Å²) in [5.41, 5.74) is 2.40. The first-order valence-electron chi connectivity index (χ1n) is 3.91. The van der Waals surface area contributed by atoms with Crippen LogP contribution in [0.15, 0.2) is 40.6 Å². The Labute approximate surface area is 67.8 Å². The Bertz CT molecular complexity index is 242. The van der Waals surface area contributed by atoms with Gasteiger partial charge in [-0.1, -0.05) is 24.6 Å². The molecule has 1 heterocycles. The van der Waals surface area contributed by atoms with E-state index in [1.54, 1.807) is 0 Å². The number of aliphatic imine (C=N–C) groups is 1. The molecule has 58 valence electrons. The van der Waals surface area contributed by atoms with Crippen molar-refractivity contribution >= 4 is 6.21 Å². The second-order valence-electron chi connectivity index (χ2n) is 2.56. The van der Waals surface area contributed by atoms with Crippen LogP contribution in [0.25, 0.3) is 0 Å². The average molecular weight is 147 g/mol. The Balaban J connectivity index is 2.84. The fourth-order valence-electron chi connectivity index (χ4n) is 0.869. The van der Waals surface area contributed by atoms with Crippen molar-refractivity contribution in [3.63, 3.8) is 0 Å². The Morgan fingerprint density at radius 1 is 1.36 bits per heavy atom. The maximum absolute atomic E-state index is 4.24. The van der Waals surface area contributed by atoms with E-state index >= 15 is 0 Å². The molecule has 1 heteroatoms. The highest BCUT2D eigenvalue weighted by atomic mass is 14.7. The van der Waals surface area contributed by atoms with Gasteiger partial charge in [-0.2, -0.15) is 0 Å². The third kappa shape index (κ3) is 2.54. The van der Waals surface area contributed by atoms with Gasteiger partial charge in [0, 0.05) is 11.9 Å². The van der Waals surface area contributed by atoms with E-state index in [2.05, 4.69) is 31.0 Å². The van der Waals surface area contributed by atoms with Gasteiger partial charge in [-0.15, -0.1) is 0 Å². The largest absolute Gasteiger partial charge is 0.261 e. The monoisotopic (exact) mass is 147 g/mol. The summed E-state index contributed by atoms with van der Waals surface area (Å²) >= 11 is 0. The van der Waals surface area contributed by atoms with Gasteiger partial charge in [-0.05, 0) is 25.5 Å².